The lowest BCUT2D eigenvalue weighted by molar-refractivity contribution is -0.122. The highest BCUT2D eigenvalue weighted by atomic mass is 32.2. The summed E-state index contributed by atoms with van der Waals surface area (Å²) < 4.78 is 30.1. The van der Waals surface area contributed by atoms with E-state index in [1.165, 1.54) is 7.05 Å². The molecule has 0 saturated carbocycles. The minimum atomic E-state index is -3.35. The molecule has 0 aliphatic carbocycles. The maximum atomic E-state index is 12.6. The van der Waals surface area contributed by atoms with Crippen molar-refractivity contribution in [1.82, 2.24) is 0 Å². The van der Waals surface area contributed by atoms with Crippen LogP contribution in [0.4, 0.5) is 17.1 Å². The van der Waals surface area contributed by atoms with Gasteiger partial charge in [0.2, 0.25) is 15.9 Å². The molecule has 1 fully saturated rings. The van der Waals surface area contributed by atoms with Gasteiger partial charge in [0.15, 0.2) is 6.10 Å². The van der Waals surface area contributed by atoms with Crippen LogP contribution in [-0.4, -0.2) is 46.2 Å². The van der Waals surface area contributed by atoms with Gasteiger partial charge >= 0.3 is 0 Å². The zero-order valence-electron chi connectivity index (χ0n) is 18.1. The number of nitrogens with one attached hydrogen (secondary N) is 1. The minimum absolute atomic E-state index is 0.0910. The topological polar surface area (TPSA) is 96.0 Å². The van der Waals surface area contributed by atoms with Gasteiger partial charge in [-0.1, -0.05) is 6.07 Å². The Hall–Kier alpha value is -3.07. The van der Waals surface area contributed by atoms with E-state index < -0.39 is 16.1 Å². The van der Waals surface area contributed by atoms with Crippen molar-refractivity contribution >= 4 is 38.9 Å². The lowest BCUT2D eigenvalue weighted by Crippen LogP contribution is -2.30. The van der Waals surface area contributed by atoms with Crippen LogP contribution in [0.15, 0.2) is 42.5 Å². The molecule has 3 rings (SSSR count). The fraction of sp³-hybridized carbons (Fsp3) is 0.364. The zero-order chi connectivity index (χ0) is 22.8. The molecular formula is C22H27N3O5S. The van der Waals surface area contributed by atoms with Gasteiger partial charge in [-0.25, -0.2) is 8.42 Å². The summed E-state index contributed by atoms with van der Waals surface area (Å²) in [4.78, 5) is 26.4. The summed E-state index contributed by atoms with van der Waals surface area (Å²) in [7, 11) is -1.89. The van der Waals surface area contributed by atoms with E-state index in [4.69, 9.17) is 4.74 Å². The average Bonchev–Trinajstić information content (AvgIpc) is 3.14. The first-order valence-corrected chi connectivity index (χ1v) is 11.8. The molecule has 0 bridgehead atoms. The number of carbonyl (C=O) groups excluding carboxylic acids is 2. The molecule has 0 spiro atoms. The minimum Gasteiger partial charge on any atom is -0.481 e. The highest BCUT2D eigenvalue weighted by Crippen LogP contribution is 2.28. The van der Waals surface area contributed by atoms with Gasteiger partial charge in [-0.05, 0) is 62.2 Å². The van der Waals surface area contributed by atoms with Crippen LogP contribution in [-0.2, 0) is 19.6 Å². The summed E-state index contributed by atoms with van der Waals surface area (Å²) in [6, 6.07) is 11.9. The van der Waals surface area contributed by atoms with Crippen LogP contribution in [0.3, 0.4) is 0 Å². The second-order valence-electron chi connectivity index (χ2n) is 7.62. The Bertz CT molecular complexity index is 1080. The number of carbonyl (C=O) groups is 2. The molecule has 8 nitrogen and oxygen atoms in total. The van der Waals surface area contributed by atoms with Crippen molar-refractivity contribution in [2.24, 2.45) is 0 Å². The van der Waals surface area contributed by atoms with Crippen LogP contribution in [0, 0.1) is 6.92 Å². The number of amides is 2. The molecule has 1 aliphatic heterocycles. The number of hydrogen-bond donors (Lipinski definition) is 1. The molecule has 1 atom stereocenters. The predicted octanol–water partition coefficient (Wildman–Crippen LogP) is 2.92. The Kier molecular flexibility index (Phi) is 6.54. The van der Waals surface area contributed by atoms with Crippen molar-refractivity contribution in [3.05, 3.63) is 48.0 Å². The monoisotopic (exact) mass is 445 g/mol. The number of anilines is 3. The Morgan fingerprint density at radius 2 is 1.87 bits per heavy atom. The smallest absolute Gasteiger partial charge is 0.265 e. The Balaban J connectivity index is 1.65. The third kappa shape index (κ3) is 5.35. The van der Waals surface area contributed by atoms with Gasteiger partial charge in [-0.15, -0.1) is 0 Å². The van der Waals surface area contributed by atoms with E-state index in [1.54, 1.807) is 48.2 Å². The quantitative estimate of drug-likeness (QED) is 0.707. The van der Waals surface area contributed by atoms with Gasteiger partial charge in [0, 0.05) is 31.4 Å². The third-order valence-electron chi connectivity index (χ3n) is 5.22. The average molecular weight is 446 g/mol. The van der Waals surface area contributed by atoms with Crippen LogP contribution in [0.25, 0.3) is 0 Å². The highest BCUT2D eigenvalue weighted by Gasteiger charge is 2.24. The summed E-state index contributed by atoms with van der Waals surface area (Å²) >= 11 is 0. The number of hydrogen-bond acceptors (Lipinski definition) is 5. The SMILES string of the molecule is Cc1ccc(NC(=O)C(C)Oc2ccc(N(C)S(C)(=O)=O)cc2)cc1N1CCCC1=O. The summed E-state index contributed by atoms with van der Waals surface area (Å²) in [6.45, 7) is 4.25. The normalized spacial score (nSPS) is 15.0. The molecule has 1 aliphatic rings. The highest BCUT2D eigenvalue weighted by molar-refractivity contribution is 7.92. The summed E-state index contributed by atoms with van der Waals surface area (Å²) in [5.74, 6) is 0.202. The molecule has 2 aromatic rings. The Morgan fingerprint density at radius 3 is 2.45 bits per heavy atom. The van der Waals surface area contributed by atoms with Gasteiger partial charge in [0.05, 0.1) is 11.9 Å². The van der Waals surface area contributed by atoms with E-state index in [-0.39, 0.29) is 11.8 Å². The molecule has 1 heterocycles. The summed E-state index contributed by atoms with van der Waals surface area (Å²) in [5.41, 5.74) is 2.86. The lowest BCUT2D eigenvalue weighted by atomic mass is 10.1. The molecule has 1 saturated heterocycles. The molecule has 0 radical (unpaired) electrons. The molecule has 9 heteroatoms. The van der Waals surface area contributed by atoms with Crippen molar-refractivity contribution in [2.45, 2.75) is 32.8 Å². The van der Waals surface area contributed by atoms with Crippen LogP contribution >= 0.6 is 0 Å². The van der Waals surface area contributed by atoms with Crippen molar-refractivity contribution < 1.29 is 22.7 Å². The maximum absolute atomic E-state index is 12.6. The summed E-state index contributed by atoms with van der Waals surface area (Å²) in [5, 5.41) is 2.83. The van der Waals surface area contributed by atoms with Crippen LogP contribution in [0.1, 0.15) is 25.3 Å². The van der Waals surface area contributed by atoms with Gasteiger partial charge in [-0.2, -0.15) is 0 Å². The largest absolute Gasteiger partial charge is 0.481 e. The lowest BCUT2D eigenvalue weighted by Gasteiger charge is -2.20. The van der Waals surface area contributed by atoms with Crippen molar-refractivity contribution in [3.63, 3.8) is 0 Å². The van der Waals surface area contributed by atoms with Gasteiger partial charge < -0.3 is 15.0 Å². The summed E-state index contributed by atoms with van der Waals surface area (Å²) in [6.07, 6.45) is 1.72. The molecular weight excluding hydrogens is 418 g/mol. The predicted molar refractivity (Wildman–Crippen MR) is 121 cm³/mol. The first-order valence-electron chi connectivity index (χ1n) is 9.99. The zero-order valence-corrected chi connectivity index (χ0v) is 18.9. The maximum Gasteiger partial charge on any atom is 0.265 e. The Labute approximate surface area is 182 Å². The molecule has 1 unspecified atom stereocenters. The van der Waals surface area contributed by atoms with Gasteiger partial charge in [0.25, 0.3) is 5.91 Å². The fourth-order valence-electron chi connectivity index (χ4n) is 3.31. The van der Waals surface area contributed by atoms with Crippen molar-refractivity contribution in [2.75, 3.05) is 34.4 Å². The molecule has 1 N–H and O–H groups in total. The van der Waals surface area contributed by atoms with E-state index in [2.05, 4.69) is 5.32 Å². The number of rotatable bonds is 7. The second-order valence-corrected chi connectivity index (χ2v) is 9.64. The van der Waals surface area contributed by atoms with Crippen LogP contribution < -0.4 is 19.3 Å². The molecule has 31 heavy (non-hydrogen) atoms. The number of nitrogens with zero attached hydrogens (tertiary/aromatic N) is 2. The van der Waals surface area contributed by atoms with Gasteiger partial charge in [0.1, 0.15) is 5.75 Å². The van der Waals surface area contributed by atoms with E-state index in [1.807, 2.05) is 13.0 Å². The second kappa shape index (κ2) is 8.97. The Morgan fingerprint density at radius 1 is 1.19 bits per heavy atom. The number of ether oxygens (including phenoxy) is 1. The molecule has 166 valence electrons. The van der Waals surface area contributed by atoms with Crippen LogP contribution in [0.2, 0.25) is 0 Å². The molecule has 0 aromatic heterocycles. The number of sulfonamides is 1. The fourth-order valence-corrected chi connectivity index (χ4v) is 3.81. The number of benzene rings is 2. The van der Waals surface area contributed by atoms with Crippen molar-refractivity contribution in [1.29, 1.82) is 0 Å². The van der Waals surface area contributed by atoms with E-state index >= 15 is 0 Å². The van der Waals surface area contributed by atoms with E-state index in [0.29, 0.717) is 30.1 Å². The van der Waals surface area contributed by atoms with E-state index in [0.717, 1.165) is 28.2 Å². The standard InChI is InChI=1S/C22H27N3O5S/c1-15-7-8-17(14-20(15)25-13-5-6-21(25)26)23-22(27)16(2)30-19-11-9-18(10-12-19)24(3)31(4,28)29/h7-12,14,16H,5-6,13H2,1-4H3,(H,23,27). The van der Waals surface area contributed by atoms with Crippen LogP contribution in [0.5, 0.6) is 5.75 Å². The van der Waals surface area contributed by atoms with Gasteiger partial charge in [-0.3, -0.25) is 13.9 Å². The first-order chi connectivity index (χ1) is 14.6. The number of aryl methyl sites for hydroxylation is 1. The van der Waals surface area contributed by atoms with Crippen molar-refractivity contribution in [3.8, 4) is 5.75 Å². The third-order valence-corrected chi connectivity index (χ3v) is 6.43. The molecule has 2 aromatic carbocycles. The molecule has 2 amide bonds. The van der Waals surface area contributed by atoms with E-state index in [9.17, 15) is 18.0 Å². The first kappa shape index (κ1) is 22.6.